The van der Waals surface area contributed by atoms with E-state index in [0.717, 1.165) is 9.91 Å². The molecule has 2 fully saturated rings. The van der Waals surface area contributed by atoms with E-state index in [1.165, 1.54) is 17.1 Å². The number of hydrogen-bond acceptors (Lipinski definition) is 5. The molecule has 9 nitrogen and oxygen atoms in total. The predicted molar refractivity (Wildman–Crippen MR) is 93.7 cm³/mol. The Labute approximate surface area is 160 Å². The minimum absolute atomic E-state index is 0.0628. The molecule has 3 aliphatic heterocycles. The molecule has 3 atom stereocenters. The highest BCUT2D eigenvalue weighted by atomic mass is 16.4. The van der Waals surface area contributed by atoms with E-state index in [0.29, 0.717) is 6.42 Å². The van der Waals surface area contributed by atoms with E-state index >= 15 is 0 Å². The molecule has 0 aromatic heterocycles. The summed E-state index contributed by atoms with van der Waals surface area (Å²) in [6, 6.07) is 3.85. The smallest absolute Gasteiger partial charge is 0.328 e. The Kier molecular flexibility index (Phi) is 4.17. The zero-order chi connectivity index (χ0) is 20.2. The molecule has 0 saturated carbocycles. The second-order valence-corrected chi connectivity index (χ2v) is 7.35. The molecule has 146 valence electrons. The number of nitrogens with zero attached hydrogens (tertiary/aromatic N) is 3. The molecule has 1 aromatic carbocycles. The number of fused-ring (bicyclic) bond motifs is 2. The van der Waals surface area contributed by atoms with Gasteiger partial charge >= 0.3 is 5.97 Å². The number of aliphatic carboxylic acids is 1. The first-order valence-corrected chi connectivity index (χ1v) is 9.16. The number of carbonyl (C=O) groups excluding carboxylic acids is 4. The van der Waals surface area contributed by atoms with Crippen LogP contribution in [0.4, 0.5) is 0 Å². The number of carboxylic acid groups (broad SMARTS) is 1. The number of hydrazine groups is 1. The summed E-state index contributed by atoms with van der Waals surface area (Å²) in [5, 5.41) is 11.7. The predicted octanol–water partition coefficient (Wildman–Crippen LogP) is 0.510. The molecule has 3 aliphatic rings. The summed E-state index contributed by atoms with van der Waals surface area (Å²) in [4.78, 5) is 64.4. The number of benzene rings is 1. The molecule has 1 N–H and O–H groups in total. The SMILES string of the molecule is C[C@H]1CC(=O)N2CCC[C@@H](C(=O)O)N2C(=O)[C@H]1N1C(=O)c2ccccc2C1=O. The number of amides is 4. The Bertz CT molecular complexity index is 878. The first-order valence-electron chi connectivity index (χ1n) is 9.16. The van der Waals surface area contributed by atoms with Crippen LogP contribution in [0.15, 0.2) is 24.3 Å². The fraction of sp³-hybridized carbons (Fsp3) is 0.421. The van der Waals surface area contributed by atoms with Crippen molar-refractivity contribution in [1.82, 2.24) is 14.9 Å². The van der Waals surface area contributed by atoms with Gasteiger partial charge in [-0.1, -0.05) is 19.1 Å². The van der Waals surface area contributed by atoms with Crippen molar-refractivity contribution >= 4 is 29.6 Å². The lowest BCUT2D eigenvalue weighted by Crippen LogP contribution is -2.63. The highest BCUT2D eigenvalue weighted by molar-refractivity contribution is 6.23. The second-order valence-electron chi connectivity index (χ2n) is 7.35. The van der Waals surface area contributed by atoms with E-state index < -0.39 is 41.7 Å². The fourth-order valence-corrected chi connectivity index (χ4v) is 4.27. The third kappa shape index (κ3) is 2.49. The summed E-state index contributed by atoms with van der Waals surface area (Å²) in [5.74, 6) is -4.15. The zero-order valence-corrected chi connectivity index (χ0v) is 15.2. The van der Waals surface area contributed by atoms with Gasteiger partial charge in [0.1, 0.15) is 6.04 Å². The maximum absolute atomic E-state index is 13.4. The summed E-state index contributed by atoms with van der Waals surface area (Å²) >= 11 is 0. The first kappa shape index (κ1) is 18.1. The number of rotatable bonds is 2. The van der Waals surface area contributed by atoms with Gasteiger partial charge in [0.25, 0.3) is 17.7 Å². The van der Waals surface area contributed by atoms with Gasteiger partial charge < -0.3 is 5.11 Å². The summed E-state index contributed by atoms with van der Waals surface area (Å²) in [5.41, 5.74) is 0.404. The van der Waals surface area contributed by atoms with Crippen LogP contribution in [-0.4, -0.2) is 68.3 Å². The minimum Gasteiger partial charge on any atom is -0.480 e. The average molecular weight is 385 g/mol. The molecule has 3 heterocycles. The highest BCUT2D eigenvalue weighted by Gasteiger charge is 2.52. The monoisotopic (exact) mass is 385 g/mol. The molecule has 0 spiro atoms. The van der Waals surface area contributed by atoms with Gasteiger partial charge in [-0.25, -0.2) is 9.80 Å². The van der Waals surface area contributed by atoms with Crippen molar-refractivity contribution in [2.45, 2.75) is 38.3 Å². The third-order valence-electron chi connectivity index (χ3n) is 5.59. The molecule has 9 heteroatoms. The van der Waals surface area contributed by atoms with Gasteiger partial charge in [-0.05, 0) is 30.9 Å². The Hall–Kier alpha value is -3.23. The van der Waals surface area contributed by atoms with Gasteiger partial charge in [-0.3, -0.25) is 29.1 Å². The molecule has 0 radical (unpaired) electrons. The topological polar surface area (TPSA) is 115 Å². The van der Waals surface area contributed by atoms with Crippen LogP contribution >= 0.6 is 0 Å². The lowest BCUT2D eigenvalue weighted by molar-refractivity contribution is -0.181. The van der Waals surface area contributed by atoms with Crippen LogP contribution in [0.3, 0.4) is 0 Å². The maximum Gasteiger partial charge on any atom is 0.328 e. The van der Waals surface area contributed by atoms with Gasteiger partial charge in [0.2, 0.25) is 5.91 Å². The molecule has 4 amide bonds. The molecular formula is C19H19N3O6. The lowest BCUT2D eigenvalue weighted by atomic mass is 9.95. The van der Waals surface area contributed by atoms with E-state index in [1.807, 2.05) is 0 Å². The standard InChI is InChI=1S/C19H19N3O6/c1-10-9-14(23)20-8-4-7-13(19(27)28)22(20)18(26)15(10)21-16(24)11-5-2-3-6-12(11)17(21)25/h2-3,5-6,10,13,15H,4,7-9H2,1H3,(H,27,28)/t10-,13-,15-/m0/s1. The van der Waals surface area contributed by atoms with Gasteiger partial charge in [-0.2, -0.15) is 0 Å². The van der Waals surface area contributed by atoms with Gasteiger partial charge in [0.05, 0.1) is 11.1 Å². The summed E-state index contributed by atoms with van der Waals surface area (Å²) in [6.45, 7) is 1.86. The van der Waals surface area contributed by atoms with Crippen molar-refractivity contribution in [2.75, 3.05) is 6.54 Å². The molecule has 0 bridgehead atoms. The number of imide groups is 1. The van der Waals surface area contributed by atoms with E-state index in [4.69, 9.17) is 0 Å². The van der Waals surface area contributed by atoms with Crippen LogP contribution in [-0.2, 0) is 14.4 Å². The van der Waals surface area contributed by atoms with E-state index in [9.17, 15) is 29.1 Å². The van der Waals surface area contributed by atoms with Crippen LogP contribution < -0.4 is 0 Å². The number of carboxylic acids is 1. The third-order valence-corrected chi connectivity index (χ3v) is 5.59. The van der Waals surface area contributed by atoms with Crippen LogP contribution in [0, 0.1) is 5.92 Å². The van der Waals surface area contributed by atoms with E-state index in [1.54, 1.807) is 19.1 Å². The summed E-state index contributed by atoms with van der Waals surface area (Å²) in [7, 11) is 0. The lowest BCUT2D eigenvalue weighted by Gasteiger charge is -2.42. The maximum atomic E-state index is 13.4. The minimum atomic E-state index is -1.23. The molecule has 0 aliphatic carbocycles. The van der Waals surface area contributed by atoms with Crippen molar-refractivity contribution < 1.29 is 29.1 Å². The van der Waals surface area contributed by atoms with E-state index in [-0.39, 0.29) is 36.4 Å². The van der Waals surface area contributed by atoms with Gasteiger partial charge in [0, 0.05) is 13.0 Å². The Morgan fingerprint density at radius 2 is 1.68 bits per heavy atom. The van der Waals surface area contributed by atoms with Crippen LogP contribution in [0.25, 0.3) is 0 Å². The van der Waals surface area contributed by atoms with Crippen LogP contribution in [0.1, 0.15) is 46.9 Å². The first-order chi connectivity index (χ1) is 13.3. The molecule has 28 heavy (non-hydrogen) atoms. The van der Waals surface area contributed by atoms with Crippen molar-refractivity contribution in [1.29, 1.82) is 0 Å². The van der Waals surface area contributed by atoms with Crippen molar-refractivity contribution in [3.8, 4) is 0 Å². The molecular weight excluding hydrogens is 366 g/mol. The normalized spacial score (nSPS) is 27.6. The Morgan fingerprint density at radius 3 is 2.25 bits per heavy atom. The zero-order valence-electron chi connectivity index (χ0n) is 15.2. The van der Waals surface area contributed by atoms with Crippen molar-refractivity contribution in [3.63, 3.8) is 0 Å². The Morgan fingerprint density at radius 1 is 1.07 bits per heavy atom. The second kappa shape index (κ2) is 6.43. The van der Waals surface area contributed by atoms with Crippen molar-refractivity contribution in [2.24, 2.45) is 5.92 Å². The molecule has 2 saturated heterocycles. The van der Waals surface area contributed by atoms with Gasteiger partial charge in [0.15, 0.2) is 6.04 Å². The Balaban J connectivity index is 1.78. The highest BCUT2D eigenvalue weighted by Crippen LogP contribution is 2.33. The van der Waals surface area contributed by atoms with Gasteiger partial charge in [-0.15, -0.1) is 0 Å². The largest absolute Gasteiger partial charge is 0.480 e. The molecule has 4 rings (SSSR count). The molecule has 0 unspecified atom stereocenters. The number of hydrogen-bond donors (Lipinski definition) is 1. The van der Waals surface area contributed by atoms with Crippen molar-refractivity contribution in [3.05, 3.63) is 35.4 Å². The van der Waals surface area contributed by atoms with E-state index in [2.05, 4.69) is 0 Å². The average Bonchev–Trinajstić information content (AvgIpc) is 2.87. The number of carbonyl (C=O) groups is 5. The molecule has 1 aromatic rings. The fourth-order valence-electron chi connectivity index (χ4n) is 4.27. The summed E-state index contributed by atoms with van der Waals surface area (Å²) < 4.78 is 0. The van der Waals surface area contributed by atoms with Crippen LogP contribution in [0.2, 0.25) is 0 Å². The quantitative estimate of drug-likeness (QED) is 0.742. The summed E-state index contributed by atoms with van der Waals surface area (Å²) in [6.07, 6.45) is 0.597. The van der Waals surface area contributed by atoms with Crippen LogP contribution in [0.5, 0.6) is 0 Å².